The zero-order chi connectivity index (χ0) is 19.2. The quantitative estimate of drug-likeness (QED) is 0.333. The summed E-state index contributed by atoms with van der Waals surface area (Å²) in [5.74, 6) is 2.36. The lowest BCUT2D eigenvalue weighted by Gasteiger charge is -2.13. The number of hydrogen-bond acceptors (Lipinski definition) is 4. The summed E-state index contributed by atoms with van der Waals surface area (Å²) in [6.07, 6.45) is 4.04. The van der Waals surface area contributed by atoms with Gasteiger partial charge in [-0.25, -0.2) is 0 Å². The van der Waals surface area contributed by atoms with Crippen LogP contribution in [0.3, 0.4) is 0 Å². The maximum absolute atomic E-state index is 5.72. The third kappa shape index (κ3) is 9.11. The average Bonchev–Trinajstić information content (AvgIpc) is 3.21. The van der Waals surface area contributed by atoms with E-state index in [2.05, 4.69) is 34.7 Å². The second-order valence-electron chi connectivity index (χ2n) is 6.83. The molecule has 1 aromatic rings. The highest BCUT2D eigenvalue weighted by Gasteiger charge is 2.15. The van der Waals surface area contributed by atoms with E-state index in [9.17, 15) is 0 Å². The Balaban J connectivity index is 1.54. The second kappa shape index (κ2) is 13.4. The monoisotopic (exact) mass is 377 g/mol. The number of nitrogens with zero attached hydrogens (tertiary/aromatic N) is 1. The van der Waals surface area contributed by atoms with E-state index in [-0.39, 0.29) is 0 Å². The van der Waals surface area contributed by atoms with Gasteiger partial charge in [-0.2, -0.15) is 0 Å². The predicted molar refractivity (Wildman–Crippen MR) is 110 cm³/mol. The van der Waals surface area contributed by atoms with Crippen molar-refractivity contribution in [1.82, 2.24) is 10.6 Å². The van der Waals surface area contributed by atoms with E-state index < -0.39 is 0 Å². The Morgan fingerprint density at radius 2 is 2.15 bits per heavy atom. The van der Waals surface area contributed by atoms with Gasteiger partial charge in [0.15, 0.2) is 5.96 Å². The van der Waals surface area contributed by atoms with Crippen LogP contribution in [-0.4, -0.2) is 59.1 Å². The van der Waals surface area contributed by atoms with Gasteiger partial charge in [0.25, 0.3) is 0 Å². The lowest BCUT2D eigenvalue weighted by atomic mass is 10.1. The standard InChI is InChI=1S/C21H35N3O3/c1-3-12-27-20-7-4-6-18(15-20)8-11-24-21(22-2)23-10-5-13-25-16-19-9-14-26-17-19/h4,6-7,15,19H,3,5,8-14,16-17H2,1-2H3,(H2,22,23,24). The number of nitrogens with one attached hydrogen (secondary N) is 2. The van der Waals surface area contributed by atoms with E-state index in [4.69, 9.17) is 14.2 Å². The molecule has 0 radical (unpaired) electrons. The molecule has 1 heterocycles. The molecule has 0 spiro atoms. The molecule has 0 saturated carbocycles. The highest BCUT2D eigenvalue weighted by Crippen LogP contribution is 2.14. The molecule has 1 fully saturated rings. The molecular weight excluding hydrogens is 342 g/mol. The molecule has 0 bridgehead atoms. The van der Waals surface area contributed by atoms with Gasteiger partial charge in [-0.1, -0.05) is 19.1 Å². The minimum Gasteiger partial charge on any atom is -0.494 e. The number of aliphatic imine (C=N–C) groups is 1. The summed E-state index contributed by atoms with van der Waals surface area (Å²) in [6, 6.07) is 8.30. The molecule has 2 N–H and O–H groups in total. The molecule has 0 aromatic heterocycles. The second-order valence-corrected chi connectivity index (χ2v) is 6.83. The Bertz CT molecular complexity index is 545. The number of benzene rings is 1. The van der Waals surface area contributed by atoms with Crippen molar-refractivity contribution in [2.45, 2.75) is 32.6 Å². The molecule has 152 valence electrons. The van der Waals surface area contributed by atoms with Gasteiger partial charge in [0, 0.05) is 39.3 Å². The summed E-state index contributed by atoms with van der Waals surface area (Å²) >= 11 is 0. The third-order valence-electron chi connectivity index (χ3n) is 4.44. The molecule has 6 nitrogen and oxygen atoms in total. The van der Waals surface area contributed by atoms with Crippen molar-refractivity contribution < 1.29 is 14.2 Å². The fraction of sp³-hybridized carbons (Fsp3) is 0.667. The maximum Gasteiger partial charge on any atom is 0.190 e. The summed E-state index contributed by atoms with van der Waals surface area (Å²) in [5.41, 5.74) is 1.26. The molecule has 1 atom stereocenters. The van der Waals surface area contributed by atoms with E-state index >= 15 is 0 Å². The molecule has 2 rings (SSSR count). The molecule has 1 aromatic carbocycles. The van der Waals surface area contributed by atoms with Crippen LogP contribution in [0.5, 0.6) is 5.75 Å². The van der Waals surface area contributed by atoms with Crippen molar-refractivity contribution in [1.29, 1.82) is 0 Å². The molecule has 1 aliphatic rings. The predicted octanol–water partition coefficient (Wildman–Crippen LogP) is 2.63. The van der Waals surface area contributed by atoms with Crippen molar-refractivity contribution in [3.05, 3.63) is 29.8 Å². The van der Waals surface area contributed by atoms with Crippen molar-refractivity contribution in [2.24, 2.45) is 10.9 Å². The molecular formula is C21H35N3O3. The lowest BCUT2D eigenvalue weighted by molar-refractivity contribution is 0.0888. The number of hydrogen-bond donors (Lipinski definition) is 2. The van der Waals surface area contributed by atoms with Crippen LogP contribution in [0.1, 0.15) is 31.7 Å². The molecule has 0 amide bonds. The highest BCUT2D eigenvalue weighted by atomic mass is 16.5. The maximum atomic E-state index is 5.72. The lowest BCUT2D eigenvalue weighted by Crippen LogP contribution is -2.39. The average molecular weight is 378 g/mol. The van der Waals surface area contributed by atoms with Gasteiger partial charge in [-0.15, -0.1) is 0 Å². The molecule has 1 aliphatic heterocycles. The molecule has 1 unspecified atom stereocenters. The van der Waals surface area contributed by atoms with Crippen LogP contribution < -0.4 is 15.4 Å². The number of rotatable bonds is 12. The summed E-state index contributed by atoms with van der Waals surface area (Å²) < 4.78 is 16.8. The topological polar surface area (TPSA) is 64.1 Å². The van der Waals surface area contributed by atoms with Crippen LogP contribution in [0.25, 0.3) is 0 Å². The SMILES string of the molecule is CCCOc1cccc(CCNC(=NC)NCCCOCC2CCOC2)c1. The Morgan fingerprint density at radius 1 is 1.26 bits per heavy atom. The Kier molecular flexibility index (Phi) is 10.7. The van der Waals surface area contributed by atoms with Gasteiger partial charge in [-0.05, 0) is 43.4 Å². The molecule has 1 saturated heterocycles. The van der Waals surface area contributed by atoms with E-state index in [1.807, 2.05) is 12.1 Å². The van der Waals surface area contributed by atoms with E-state index in [1.54, 1.807) is 7.05 Å². The van der Waals surface area contributed by atoms with Crippen molar-refractivity contribution in [3.8, 4) is 5.75 Å². The van der Waals surface area contributed by atoms with Crippen molar-refractivity contribution in [2.75, 3.05) is 53.2 Å². The number of guanidine groups is 1. The summed E-state index contributed by atoms with van der Waals surface area (Å²) in [6.45, 7) is 7.87. The number of ether oxygens (including phenoxy) is 3. The summed E-state index contributed by atoms with van der Waals surface area (Å²) in [4.78, 5) is 4.27. The fourth-order valence-electron chi connectivity index (χ4n) is 2.90. The van der Waals surface area contributed by atoms with Gasteiger partial charge in [0.1, 0.15) is 5.75 Å². The Morgan fingerprint density at radius 3 is 2.93 bits per heavy atom. The van der Waals surface area contributed by atoms with Crippen LogP contribution in [0, 0.1) is 5.92 Å². The molecule has 0 aliphatic carbocycles. The van der Waals surface area contributed by atoms with Gasteiger partial charge in [-0.3, -0.25) is 4.99 Å². The smallest absolute Gasteiger partial charge is 0.190 e. The highest BCUT2D eigenvalue weighted by molar-refractivity contribution is 5.79. The van der Waals surface area contributed by atoms with Crippen LogP contribution in [-0.2, 0) is 15.9 Å². The van der Waals surface area contributed by atoms with Gasteiger partial charge < -0.3 is 24.8 Å². The summed E-state index contributed by atoms with van der Waals surface area (Å²) in [5, 5.41) is 6.69. The van der Waals surface area contributed by atoms with Gasteiger partial charge >= 0.3 is 0 Å². The minimum atomic E-state index is 0.582. The van der Waals surface area contributed by atoms with E-state index in [0.717, 1.165) is 83.5 Å². The Labute approximate surface area is 163 Å². The van der Waals surface area contributed by atoms with E-state index in [0.29, 0.717) is 5.92 Å². The first-order chi connectivity index (χ1) is 13.3. The normalized spacial score (nSPS) is 17.1. The zero-order valence-electron chi connectivity index (χ0n) is 16.8. The first-order valence-electron chi connectivity index (χ1n) is 10.1. The van der Waals surface area contributed by atoms with Crippen LogP contribution in [0.2, 0.25) is 0 Å². The van der Waals surface area contributed by atoms with Crippen LogP contribution >= 0.6 is 0 Å². The minimum absolute atomic E-state index is 0.582. The van der Waals surface area contributed by atoms with Crippen LogP contribution in [0.4, 0.5) is 0 Å². The van der Waals surface area contributed by atoms with Crippen molar-refractivity contribution in [3.63, 3.8) is 0 Å². The van der Waals surface area contributed by atoms with Gasteiger partial charge in [0.2, 0.25) is 0 Å². The van der Waals surface area contributed by atoms with Crippen molar-refractivity contribution >= 4 is 5.96 Å². The third-order valence-corrected chi connectivity index (χ3v) is 4.44. The molecule has 27 heavy (non-hydrogen) atoms. The zero-order valence-corrected chi connectivity index (χ0v) is 16.8. The fourth-order valence-corrected chi connectivity index (χ4v) is 2.90. The first kappa shape index (κ1) is 21.5. The molecule has 6 heteroatoms. The van der Waals surface area contributed by atoms with E-state index in [1.165, 1.54) is 5.56 Å². The first-order valence-corrected chi connectivity index (χ1v) is 10.1. The Hall–Kier alpha value is -1.79. The van der Waals surface area contributed by atoms with Gasteiger partial charge in [0.05, 0.1) is 19.8 Å². The summed E-state index contributed by atoms with van der Waals surface area (Å²) in [7, 11) is 1.80. The largest absolute Gasteiger partial charge is 0.494 e. The van der Waals surface area contributed by atoms with Crippen LogP contribution in [0.15, 0.2) is 29.3 Å².